The average molecular weight is 267 g/mol. The third-order valence-corrected chi connectivity index (χ3v) is 3.48. The summed E-state index contributed by atoms with van der Waals surface area (Å²) in [7, 11) is 2.10. The van der Waals surface area contributed by atoms with Crippen LogP contribution in [0.2, 0.25) is 0 Å². The molecule has 1 aromatic carbocycles. The lowest BCUT2D eigenvalue weighted by molar-refractivity contribution is 0.318. The normalized spacial score (nSPS) is 12.1. The zero-order chi connectivity index (χ0) is 13.4. The summed E-state index contributed by atoms with van der Waals surface area (Å²) in [5.41, 5.74) is 7.50. The van der Waals surface area contributed by atoms with Crippen LogP contribution >= 0.6 is 11.8 Å². The number of oxime groups is 1. The topological polar surface area (TPSA) is 61.8 Å². The fourth-order valence-electron chi connectivity index (χ4n) is 1.64. The lowest BCUT2D eigenvalue weighted by Crippen LogP contribution is -2.21. The Labute approximate surface area is 113 Å². The summed E-state index contributed by atoms with van der Waals surface area (Å²) in [5, 5.41) is 11.7. The lowest BCUT2D eigenvalue weighted by atomic mass is 10.1. The van der Waals surface area contributed by atoms with Crippen molar-refractivity contribution in [2.45, 2.75) is 13.5 Å². The van der Waals surface area contributed by atoms with Crippen LogP contribution in [0.25, 0.3) is 0 Å². The molecule has 0 fully saturated rings. The summed E-state index contributed by atoms with van der Waals surface area (Å²) < 4.78 is 0. The van der Waals surface area contributed by atoms with Gasteiger partial charge in [-0.25, -0.2) is 0 Å². The van der Waals surface area contributed by atoms with Crippen LogP contribution in [0.3, 0.4) is 0 Å². The molecule has 0 aromatic heterocycles. The molecule has 3 N–H and O–H groups in total. The molecule has 1 aromatic rings. The second-order valence-corrected chi connectivity index (χ2v) is 5.51. The monoisotopic (exact) mass is 267 g/mol. The smallest absolute Gasteiger partial charge is 0.170 e. The minimum Gasteiger partial charge on any atom is -0.409 e. The summed E-state index contributed by atoms with van der Waals surface area (Å²) in [4.78, 5) is 2.27. The van der Waals surface area contributed by atoms with Gasteiger partial charge in [-0.1, -0.05) is 30.3 Å². The van der Waals surface area contributed by atoms with Gasteiger partial charge in [0.2, 0.25) is 0 Å². The van der Waals surface area contributed by atoms with E-state index >= 15 is 0 Å². The van der Waals surface area contributed by atoms with Crippen LogP contribution in [0.15, 0.2) is 29.4 Å². The second-order valence-electron chi connectivity index (χ2n) is 4.12. The Morgan fingerprint density at radius 3 is 2.94 bits per heavy atom. The van der Waals surface area contributed by atoms with Crippen molar-refractivity contribution < 1.29 is 5.21 Å². The van der Waals surface area contributed by atoms with Gasteiger partial charge in [0.15, 0.2) is 5.84 Å². The molecule has 0 atom stereocenters. The van der Waals surface area contributed by atoms with Crippen molar-refractivity contribution in [1.82, 2.24) is 4.90 Å². The molecule has 0 amide bonds. The third-order valence-electron chi connectivity index (χ3n) is 2.60. The third kappa shape index (κ3) is 4.98. The van der Waals surface area contributed by atoms with Gasteiger partial charge in [-0.15, -0.1) is 0 Å². The molecule has 0 saturated carbocycles. The molecule has 1 rings (SSSR count). The number of hydrogen-bond acceptors (Lipinski definition) is 4. The summed E-state index contributed by atoms with van der Waals surface area (Å²) in [6.45, 7) is 4.11. The maximum Gasteiger partial charge on any atom is 0.170 e. The van der Waals surface area contributed by atoms with Gasteiger partial charge < -0.3 is 15.8 Å². The van der Waals surface area contributed by atoms with Gasteiger partial charge in [0.25, 0.3) is 0 Å². The van der Waals surface area contributed by atoms with E-state index in [2.05, 4.69) is 30.1 Å². The molecular formula is C13H21N3OS. The SMILES string of the molecule is CCSCCN(C)Cc1cccc(/C(N)=N/O)c1. The predicted octanol–water partition coefficient (Wildman–Crippen LogP) is 1.97. The number of nitrogens with zero attached hydrogens (tertiary/aromatic N) is 2. The van der Waals surface area contributed by atoms with Crippen molar-refractivity contribution >= 4 is 17.6 Å². The standard InChI is InChI=1S/C13H21N3OS/c1-3-18-8-7-16(2)10-11-5-4-6-12(9-11)13(14)15-17/h4-6,9,17H,3,7-8,10H2,1-2H3,(H2,14,15). The van der Waals surface area contributed by atoms with Crippen LogP contribution in [0.1, 0.15) is 18.1 Å². The Hall–Kier alpha value is -1.20. The minimum atomic E-state index is 0.154. The van der Waals surface area contributed by atoms with E-state index in [0.717, 1.165) is 30.2 Å². The van der Waals surface area contributed by atoms with Crippen molar-refractivity contribution in [1.29, 1.82) is 0 Å². The van der Waals surface area contributed by atoms with Gasteiger partial charge in [-0.3, -0.25) is 0 Å². The van der Waals surface area contributed by atoms with E-state index in [1.54, 1.807) is 0 Å². The molecule has 0 radical (unpaired) electrons. The zero-order valence-corrected chi connectivity index (χ0v) is 11.8. The van der Waals surface area contributed by atoms with Crippen LogP contribution in [-0.4, -0.2) is 41.0 Å². The Kier molecular flexibility index (Phi) is 6.60. The fourth-order valence-corrected chi connectivity index (χ4v) is 2.37. The first-order valence-corrected chi connectivity index (χ1v) is 7.16. The predicted molar refractivity (Wildman–Crippen MR) is 78.3 cm³/mol. The van der Waals surface area contributed by atoms with Gasteiger partial charge in [0, 0.05) is 24.4 Å². The maximum atomic E-state index is 8.65. The number of benzene rings is 1. The largest absolute Gasteiger partial charge is 0.409 e. The minimum absolute atomic E-state index is 0.154. The van der Waals surface area contributed by atoms with Crippen molar-refractivity contribution in [3.05, 3.63) is 35.4 Å². The molecule has 18 heavy (non-hydrogen) atoms. The molecule has 0 bridgehead atoms. The number of thioether (sulfide) groups is 1. The molecule has 4 nitrogen and oxygen atoms in total. The first kappa shape index (κ1) is 14.9. The van der Waals surface area contributed by atoms with Crippen molar-refractivity contribution in [3.63, 3.8) is 0 Å². The molecule has 0 unspecified atom stereocenters. The van der Waals surface area contributed by atoms with E-state index in [0.29, 0.717) is 0 Å². The highest BCUT2D eigenvalue weighted by Crippen LogP contribution is 2.08. The van der Waals surface area contributed by atoms with E-state index in [9.17, 15) is 0 Å². The van der Waals surface area contributed by atoms with Gasteiger partial charge >= 0.3 is 0 Å². The number of amidine groups is 1. The highest BCUT2D eigenvalue weighted by molar-refractivity contribution is 7.99. The Morgan fingerprint density at radius 1 is 1.50 bits per heavy atom. The van der Waals surface area contributed by atoms with Crippen molar-refractivity contribution in [2.75, 3.05) is 25.1 Å². The number of nitrogens with two attached hydrogens (primary N) is 1. The van der Waals surface area contributed by atoms with E-state index < -0.39 is 0 Å². The van der Waals surface area contributed by atoms with Crippen molar-refractivity contribution in [2.24, 2.45) is 10.9 Å². The first-order chi connectivity index (χ1) is 8.67. The Balaban J connectivity index is 2.56. The van der Waals surface area contributed by atoms with Gasteiger partial charge in [-0.2, -0.15) is 11.8 Å². The Morgan fingerprint density at radius 2 is 2.28 bits per heavy atom. The maximum absolute atomic E-state index is 8.65. The van der Waals surface area contributed by atoms with Gasteiger partial charge in [0.05, 0.1) is 0 Å². The van der Waals surface area contributed by atoms with Gasteiger partial charge in [-0.05, 0) is 24.4 Å². The highest BCUT2D eigenvalue weighted by atomic mass is 32.2. The molecular weight excluding hydrogens is 246 g/mol. The number of rotatable bonds is 7. The van der Waals surface area contributed by atoms with E-state index in [1.807, 2.05) is 30.0 Å². The van der Waals surface area contributed by atoms with Crippen LogP contribution in [0.4, 0.5) is 0 Å². The van der Waals surface area contributed by atoms with Crippen LogP contribution in [-0.2, 0) is 6.54 Å². The summed E-state index contributed by atoms with van der Waals surface area (Å²) in [6.07, 6.45) is 0. The van der Waals surface area contributed by atoms with Crippen LogP contribution < -0.4 is 5.73 Å². The van der Waals surface area contributed by atoms with Gasteiger partial charge in [0.1, 0.15) is 0 Å². The van der Waals surface area contributed by atoms with Crippen molar-refractivity contribution in [3.8, 4) is 0 Å². The summed E-state index contributed by atoms with van der Waals surface area (Å²) in [6, 6.07) is 7.78. The van der Waals surface area contributed by atoms with E-state index in [-0.39, 0.29) is 5.84 Å². The Bertz CT molecular complexity index is 396. The average Bonchev–Trinajstić information content (AvgIpc) is 2.38. The van der Waals surface area contributed by atoms with Crippen LogP contribution in [0.5, 0.6) is 0 Å². The van der Waals surface area contributed by atoms with E-state index in [4.69, 9.17) is 10.9 Å². The van der Waals surface area contributed by atoms with Crippen LogP contribution in [0, 0.1) is 0 Å². The first-order valence-electron chi connectivity index (χ1n) is 6.00. The molecule has 100 valence electrons. The quantitative estimate of drug-likeness (QED) is 0.261. The molecule has 0 saturated heterocycles. The summed E-state index contributed by atoms with van der Waals surface area (Å²) >= 11 is 1.94. The molecule has 0 aliphatic rings. The lowest BCUT2D eigenvalue weighted by Gasteiger charge is -2.16. The second kappa shape index (κ2) is 8.00. The number of hydrogen-bond donors (Lipinski definition) is 2. The van der Waals surface area contributed by atoms with E-state index in [1.165, 1.54) is 5.56 Å². The molecule has 0 aliphatic heterocycles. The molecule has 0 heterocycles. The summed E-state index contributed by atoms with van der Waals surface area (Å²) in [5.74, 6) is 2.46. The highest BCUT2D eigenvalue weighted by Gasteiger charge is 2.03. The molecule has 0 spiro atoms. The zero-order valence-electron chi connectivity index (χ0n) is 11.0. The molecule has 5 heteroatoms. The molecule has 0 aliphatic carbocycles. The fraction of sp³-hybridized carbons (Fsp3) is 0.462.